The molecule has 4 rings (SSSR count). The van der Waals surface area contributed by atoms with E-state index in [0.29, 0.717) is 17.6 Å². The van der Waals surface area contributed by atoms with E-state index in [1.807, 2.05) is 26.0 Å². The summed E-state index contributed by atoms with van der Waals surface area (Å²) in [5.41, 5.74) is 2.87. The van der Waals surface area contributed by atoms with Gasteiger partial charge in [-0.2, -0.15) is 5.26 Å². The van der Waals surface area contributed by atoms with Crippen molar-refractivity contribution in [3.63, 3.8) is 0 Å². The summed E-state index contributed by atoms with van der Waals surface area (Å²) >= 11 is 0. The van der Waals surface area contributed by atoms with Crippen LogP contribution in [-0.2, 0) is 9.84 Å². The SMILES string of the molecule is CC.CS(=O)(=O)c1ccc(-c2cnc(Nc3cnc(C#N)cn3)cc2NCC2CCNCC2)cc1. The summed E-state index contributed by atoms with van der Waals surface area (Å²) in [6.45, 7) is 6.87. The Hall–Kier alpha value is -3.55. The van der Waals surface area contributed by atoms with Crippen molar-refractivity contribution >= 4 is 27.2 Å². The summed E-state index contributed by atoms with van der Waals surface area (Å²) < 4.78 is 23.6. The number of nitrogens with one attached hydrogen (secondary N) is 3. The molecule has 0 radical (unpaired) electrons. The first-order valence-corrected chi connectivity index (χ1v) is 13.6. The van der Waals surface area contributed by atoms with Crippen molar-refractivity contribution in [1.82, 2.24) is 20.3 Å². The molecule has 3 N–H and O–H groups in total. The minimum Gasteiger partial charge on any atom is -0.384 e. The molecule has 1 saturated heterocycles. The minimum atomic E-state index is -3.26. The fourth-order valence-electron chi connectivity index (χ4n) is 3.70. The highest BCUT2D eigenvalue weighted by molar-refractivity contribution is 7.90. The predicted octanol–water partition coefficient (Wildman–Crippen LogP) is 4.00. The van der Waals surface area contributed by atoms with Gasteiger partial charge in [0, 0.05) is 36.3 Å². The van der Waals surface area contributed by atoms with Crippen LogP contribution in [0.5, 0.6) is 0 Å². The highest BCUT2D eigenvalue weighted by Crippen LogP contribution is 2.31. The van der Waals surface area contributed by atoms with Crippen molar-refractivity contribution in [2.24, 2.45) is 5.92 Å². The second kappa shape index (κ2) is 12.2. The number of aromatic nitrogens is 3. The van der Waals surface area contributed by atoms with Gasteiger partial charge in [-0.05, 0) is 49.5 Å². The molecule has 1 fully saturated rings. The van der Waals surface area contributed by atoms with E-state index in [9.17, 15) is 8.42 Å². The van der Waals surface area contributed by atoms with Gasteiger partial charge in [0.15, 0.2) is 15.5 Å². The van der Waals surface area contributed by atoms with E-state index in [-0.39, 0.29) is 10.6 Å². The average molecular weight is 494 g/mol. The largest absolute Gasteiger partial charge is 0.384 e. The Balaban J connectivity index is 0.00000167. The molecular weight excluding hydrogens is 462 g/mol. The van der Waals surface area contributed by atoms with Crippen molar-refractivity contribution in [2.75, 3.05) is 36.5 Å². The standard InChI is InChI=1S/C23H25N7O2S.C2H6/c1-33(31,32)19-4-2-17(3-5-19)20-14-29-22(30-23-15-26-18(11-24)13-28-23)10-21(20)27-12-16-6-8-25-9-7-16;1-2/h2-5,10,13-16,25H,6-9,12H2,1H3,(H2,27,28,29,30);1-2H3. The molecule has 10 heteroatoms. The van der Waals surface area contributed by atoms with Gasteiger partial charge in [-0.3, -0.25) is 0 Å². The number of nitrogens with zero attached hydrogens (tertiary/aromatic N) is 4. The number of hydrogen-bond acceptors (Lipinski definition) is 9. The van der Waals surface area contributed by atoms with Gasteiger partial charge in [0.05, 0.1) is 17.3 Å². The molecule has 2 aromatic heterocycles. The predicted molar refractivity (Wildman–Crippen MR) is 138 cm³/mol. The Kier molecular flexibility index (Phi) is 9.11. The van der Waals surface area contributed by atoms with Gasteiger partial charge < -0.3 is 16.0 Å². The van der Waals surface area contributed by atoms with Crippen molar-refractivity contribution in [1.29, 1.82) is 5.26 Å². The maximum absolute atomic E-state index is 11.8. The van der Waals surface area contributed by atoms with Crippen LogP contribution in [-0.4, -0.2) is 49.3 Å². The average Bonchev–Trinajstić information content (AvgIpc) is 2.89. The van der Waals surface area contributed by atoms with Crippen LogP contribution in [0.25, 0.3) is 11.1 Å². The molecule has 0 unspecified atom stereocenters. The normalized spacial score (nSPS) is 13.8. The van der Waals surface area contributed by atoms with Gasteiger partial charge >= 0.3 is 0 Å². The van der Waals surface area contributed by atoms with E-state index in [4.69, 9.17) is 5.26 Å². The van der Waals surface area contributed by atoms with Crippen LogP contribution in [0.1, 0.15) is 32.4 Å². The van der Waals surface area contributed by atoms with Gasteiger partial charge in [-0.1, -0.05) is 26.0 Å². The zero-order valence-electron chi connectivity index (χ0n) is 20.2. The molecule has 0 saturated carbocycles. The summed E-state index contributed by atoms with van der Waals surface area (Å²) in [7, 11) is -3.26. The van der Waals surface area contributed by atoms with E-state index < -0.39 is 9.84 Å². The highest BCUT2D eigenvalue weighted by atomic mass is 32.2. The molecule has 0 atom stereocenters. The maximum Gasteiger partial charge on any atom is 0.175 e. The first-order chi connectivity index (χ1) is 16.9. The van der Waals surface area contributed by atoms with E-state index in [0.717, 1.165) is 49.3 Å². The molecule has 35 heavy (non-hydrogen) atoms. The van der Waals surface area contributed by atoms with Crippen molar-refractivity contribution < 1.29 is 8.42 Å². The van der Waals surface area contributed by atoms with Crippen LogP contribution in [0.4, 0.5) is 17.3 Å². The van der Waals surface area contributed by atoms with Crippen LogP contribution >= 0.6 is 0 Å². The van der Waals surface area contributed by atoms with E-state index >= 15 is 0 Å². The molecule has 3 heterocycles. The second-order valence-corrected chi connectivity index (χ2v) is 10.0. The van der Waals surface area contributed by atoms with Crippen LogP contribution in [0.15, 0.2) is 53.8 Å². The van der Waals surface area contributed by atoms with Crippen molar-refractivity contribution in [3.05, 3.63) is 54.6 Å². The number of nitriles is 1. The minimum absolute atomic E-state index is 0.241. The lowest BCUT2D eigenvalue weighted by molar-refractivity contribution is 0.390. The topological polar surface area (TPSA) is 133 Å². The molecule has 0 spiro atoms. The lowest BCUT2D eigenvalue weighted by Gasteiger charge is -2.24. The smallest absolute Gasteiger partial charge is 0.175 e. The lowest BCUT2D eigenvalue weighted by atomic mass is 9.97. The van der Waals surface area contributed by atoms with Crippen LogP contribution in [0, 0.1) is 17.2 Å². The Morgan fingerprint density at radius 3 is 2.31 bits per heavy atom. The summed E-state index contributed by atoms with van der Waals surface area (Å²) in [5, 5.41) is 19.0. The number of sulfone groups is 1. The molecular formula is C25H31N7O2S. The van der Waals surface area contributed by atoms with Crippen LogP contribution in [0.2, 0.25) is 0 Å². The molecule has 0 bridgehead atoms. The molecule has 1 aliphatic heterocycles. The Bertz CT molecular complexity index is 1250. The first kappa shape index (κ1) is 26.1. The summed E-state index contributed by atoms with van der Waals surface area (Å²) in [5.74, 6) is 1.63. The Labute approximate surface area is 207 Å². The molecule has 0 amide bonds. The zero-order valence-corrected chi connectivity index (χ0v) is 21.1. The molecule has 1 aliphatic rings. The third kappa shape index (κ3) is 7.21. The number of piperidine rings is 1. The highest BCUT2D eigenvalue weighted by Gasteiger charge is 2.15. The van der Waals surface area contributed by atoms with Crippen molar-refractivity contribution in [2.45, 2.75) is 31.6 Å². The van der Waals surface area contributed by atoms with E-state index in [1.165, 1.54) is 18.6 Å². The summed E-state index contributed by atoms with van der Waals surface area (Å²) in [6.07, 6.45) is 8.06. The van der Waals surface area contributed by atoms with Crippen molar-refractivity contribution in [3.8, 4) is 17.2 Å². The Morgan fingerprint density at radius 2 is 1.71 bits per heavy atom. The fraction of sp³-hybridized carbons (Fsp3) is 0.360. The monoisotopic (exact) mass is 493 g/mol. The maximum atomic E-state index is 11.8. The fourth-order valence-corrected chi connectivity index (χ4v) is 4.33. The van der Waals surface area contributed by atoms with Gasteiger partial charge in [0.2, 0.25) is 0 Å². The number of rotatable bonds is 7. The summed E-state index contributed by atoms with van der Waals surface area (Å²) in [4.78, 5) is 13.0. The van der Waals surface area contributed by atoms with E-state index in [1.54, 1.807) is 30.5 Å². The third-order valence-electron chi connectivity index (χ3n) is 5.56. The van der Waals surface area contributed by atoms with Crippen LogP contribution in [0.3, 0.4) is 0 Å². The molecule has 1 aromatic carbocycles. The first-order valence-electron chi connectivity index (χ1n) is 11.7. The molecule has 3 aromatic rings. The lowest BCUT2D eigenvalue weighted by Crippen LogP contribution is -2.31. The number of anilines is 3. The van der Waals surface area contributed by atoms with Gasteiger partial charge in [0.1, 0.15) is 17.7 Å². The zero-order chi connectivity index (χ0) is 25.3. The Morgan fingerprint density at radius 1 is 1.03 bits per heavy atom. The van der Waals surface area contributed by atoms with Gasteiger partial charge in [-0.25, -0.2) is 23.4 Å². The quantitative estimate of drug-likeness (QED) is 0.447. The molecule has 0 aliphatic carbocycles. The number of hydrogen-bond donors (Lipinski definition) is 3. The summed E-state index contributed by atoms with van der Waals surface area (Å²) in [6, 6.07) is 10.7. The number of pyridine rings is 1. The van der Waals surface area contributed by atoms with Crippen LogP contribution < -0.4 is 16.0 Å². The molecule has 184 valence electrons. The van der Waals surface area contributed by atoms with Gasteiger partial charge in [0.25, 0.3) is 0 Å². The number of benzene rings is 1. The second-order valence-electron chi connectivity index (χ2n) is 8.01. The van der Waals surface area contributed by atoms with E-state index in [2.05, 4.69) is 30.9 Å². The van der Waals surface area contributed by atoms with Gasteiger partial charge in [-0.15, -0.1) is 0 Å². The third-order valence-corrected chi connectivity index (χ3v) is 6.69. The molecule has 9 nitrogen and oxygen atoms in total.